The maximum atomic E-state index is 10.9. The van der Waals surface area contributed by atoms with Crippen LogP contribution in [0.1, 0.15) is 44.3 Å². The molecule has 1 unspecified atom stereocenters. The SMILES string of the molecule is CC(NC1CCC(C(=O)O)CC1)c1cnccn1. The minimum Gasteiger partial charge on any atom is -0.481 e. The number of aliphatic carboxylic acids is 1. The Hall–Kier alpha value is -1.49. The van der Waals surface area contributed by atoms with Crippen molar-refractivity contribution >= 4 is 5.97 Å². The van der Waals surface area contributed by atoms with Crippen LogP contribution in [0.3, 0.4) is 0 Å². The van der Waals surface area contributed by atoms with E-state index in [4.69, 9.17) is 5.11 Å². The molecule has 1 aliphatic carbocycles. The number of carboxylic acid groups (broad SMARTS) is 1. The average Bonchev–Trinajstić information content (AvgIpc) is 2.40. The number of carbonyl (C=O) groups is 1. The van der Waals surface area contributed by atoms with E-state index in [1.807, 2.05) is 0 Å². The van der Waals surface area contributed by atoms with Crippen molar-refractivity contribution < 1.29 is 9.90 Å². The van der Waals surface area contributed by atoms with Gasteiger partial charge >= 0.3 is 5.97 Å². The highest BCUT2D eigenvalue weighted by Gasteiger charge is 2.26. The van der Waals surface area contributed by atoms with E-state index >= 15 is 0 Å². The fraction of sp³-hybridized carbons (Fsp3) is 0.615. The molecule has 98 valence electrons. The van der Waals surface area contributed by atoms with Crippen LogP contribution in [-0.2, 0) is 4.79 Å². The summed E-state index contributed by atoms with van der Waals surface area (Å²) in [6.45, 7) is 2.06. The Labute approximate surface area is 107 Å². The van der Waals surface area contributed by atoms with E-state index in [1.54, 1.807) is 18.6 Å². The van der Waals surface area contributed by atoms with Gasteiger partial charge in [-0.05, 0) is 32.6 Å². The van der Waals surface area contributed by atoms with E-state index < -0.39 is 5.97 Å². The number of hydrogen-bond acceptors (Lipinski definition) is 4. The number of carboxylic acids is 1. The number of aromatic nitrogens is 2. The van der Waals surface area contributed by atoms with Gasteiger partial charge in [0.2, 0.25) is 0 Å². The first kappa shape index (κ1) is 13.0. The second-order valence-corrected chi connectivity index (χ2v) is 4.91. The highest BCUT2D eigenvalue weighted by Crippen LogP contribution is 2.25. The molecule has 0 saturated heterocycles. The summed E-state index contributed by atoms with van der Waals surface area (Å²) in [4.78, 5) is 19.2. The molecule has 1 fully saturated rings. The van der Waals surface area contributed by atoms with Crippen LogP contribution in [0.5, 0.6) is 0 Å². The van der Waals surface area contributed by atoms with Gasteiger partial charge in [-0.2, -0.15) is 0 Å². The van der Waals surface area contributed by atoms with Crippen molar-refractivity contribution in [3.63, 3.8) is 0 Å². The minimum absolute atomic E-state index is 0.157. The lowest BCUT2D eigenvalue weighted by Crippen LogP contribution is -2.36. The lowest BCUT2D eigenvalue weighted by atomic mass is 9.86. The molecule has 0 amide bonds. The summed E-state index contributed by atoms with van der Waals surface area (Å²) < 4.78 is 0. The summed E-state index contributed by atoms with van der Waals surface area (Å²) in [5.41, 5.74) is 0.929. The Morgan fingerprint density at radius 2 is 2.11 bits per heavy atom. The zero-order valence-electron chi connectivity index (χ0n) is 10.5. The average molecular weight is 249 g/mol. The zero-order valence-corrected chi connectivity index (χ0v) is 10.5. The molecule has 1 heterocycles. The van der Waals surface area contributed by atoms with Crippen LogP contribution < -0.4 is 5.32 Å². The monoisotopic (exact) mass is 249 g/mol. The van der Waals surface area contributed by atoms with E-state index in [0.29, 0.717) is 6.04 Å². The standard InChI is InChI=1S/C13H19N3O2/c1-9(12-8-14-6-7-15-12)16-11-4-2-10(3-5-11)13(17)18/h6-11,16H,2-5H2,1H3,(H,17,18). The molecule has 1 saturated carbocycles. The van der Waals surface area contributed by atoms with E-state index in [1.165, 1.54) is 0 Å². The van der Waals surface area contributed by atoms with Gasteiger partial charge in [0.25, 0.3) is 0 Å². The van der Waals surface area contributed by atoms with Gasteiger partial charge in [-0.25, -0.2) is 0 Å². The Morgan fingerprint density at radius 3 is 2.67 bits per heavy atom. The second kappa shape index (κ2) is 5.91. The highest BCUT2D eigenvalue weighted by molar-refractivity contribution is 5.70. The molecule has 1 aromatic heterocycles. The van der Waals surface area contributed by atoms with Gasteiger partial charge < -0.3 is 10.4 Å². The maximum Gasteiger partial charge on any atom is 0.306 e. The van der Waals surface area contributed by atoms with Gasteiger partial charge in [-0.3, -0.25) is 14.8 Å². The van der Waals surface area contributed by atoms with Crippen LogP contribution in [0, 0.1) is 5.92 Å². The lowest BCUT2D eigenvalue weighted by Gasteiger charge is -2.29. The third-order valence-electron chi connectivity index (χ3n) is 3.59. The fourth-order valence-corrected chi connectivity index (χ4v) is 2.48. The van der Waals surface area contributed by atoms with Gasteiger partial charge in [0.05, 0.1) is 11.6 Å². The molecule has 0 aliphatic heterocycles. The van der Waals surface area contributed by atoms with Crippen molar-refractivity contribution in [2.75, 3.05) is 0 Å². The van der Waals surface area contributed by atoms with Gasteiger partial charge in [-0.1, -0.05) is 0 Å². The number of rotatable bonds is 4. The van der Waals surface area contributed by atoms with Crippen LogP contribution in [0.4, 0.5) is 0 Å². The number of nitrogens with zero attached hydrogens (tertiary/aromatic N) is 2. The topological polar surface area (TPSA) is 75.1 Å². The van der Waals surface area contributed by atoms with E-state index in [9.17, 15) is 4.79 Å². The molecule has 1 atom stereocenters. The first-order valence-corrected chi connectivity index (χ1v) is 6.41. The molecule has 0 bridgehead atoms. The number of nitrogens with one attached hydrogen (secondary N) is 1. The molecule has 2 rings (SSSR count). The van der Waals surface area contributed by atoms with Crippen LogP contribution >= 0.6 is 0 Å². The minimum atomic E-state index is -0.657. The zero-order chi connectivity index (χ0) is 13.0. The summed E-state index contributed by atoms with van der Waals surface area (Å²) >= 11 is 0. The van der Waals surface area contributed by atoms with Gasteiger partial charge in [0.1, 0.15) is 0 Å². The Balaban J connectivity index is 1.83. The summed E-state index contributed by atoms with van der Waals surface area (Å²) in [6, 6.07) is 0.544. The van der Waals surface area contributed by atoms with Crippen LogP contribution in [0.25, 0.3) is 0 Å². The highest BCUT2D eigenvalue weighted by atomic mass is 16.4. The molecule has 18 heavy (non-hydrogen) atoms. The summed E-state index contributed by atoms with van der Waals surface area (Å²) in [6.07, 6.45) is 8.48. The van der Waals surface area contributed by atoms with E-state index in [2.05, 4.69) is 22.2 Å². The first-order chi connectivity index (χ1) is 8.66. The number of hydrogen-bond donors (Lipinski definition) is 2. The smallest absolute Gasteiger partial charge is 0.306 e. The van der Waals surface area contributed by atoms with E-state index in [0.717, 1.165) is 31.4 Å². The molecule has 0 spiro atoms. The summed E-state index contributed by atoms with van der Waals surface area (Å²) in [5, 5.41) is 12.4. The van der Waals surface area contributed by atoms with Crippen LogP contribution in [0.15, 0.2) is 18.6 Å². The Morgan fingerprint density at radius 1 is 1.39 bits per heavy atom. The molecule has 2 N–H and O–H groups in total. The molecular weight excluding hydrogens is 230 g/mol. The summed E-state index contributed by atoms with van der Waals surface area (Å²) in [7, 11) is 0. The van der Waals surface area contributed by atoms with Crippen molar-refractivity contribution in [1.29, 1.82) is 0 Å². The Kier molecular flexibility index (Phi) is 4.25. The Bertz CT molecular complexity index is 388. The molecular formula is C13H19N3O2. The molecule has 5 heteroatoms. The summed E-state index contributed by atoms with van der Waals surface area (Å²) in [5.74, 6) is -0.815. The predicted octanol–water partition coefficient (Wildman–Crippen LogP) is 1.77. The van der Waals surface area contributed by atoms with Crippen molar-refractivity contribution in [3.05, 3.63) is 24.3 Å². The molecule has 1 aliphatic rings. The maximum absolute atomic E-state index is 10.9. The van der Waals surface area contributed by atoms with E-state index in [-0.39, 0.29) is 12.0 Å². The van der Waals surface area contributed by atoms with Crippen molar-refractivity contribution in [2.24, 2.45) is 5.92 Å². The largest absolute Gasteiger partial charge is 0.481 e. The van der Waals surface area contributed by atoms with Crippen LogP contribution in [-0.4, -0.2) is 27.1 Å². The normalized spacial score (nSPS) is 25.6. The molecule has 5 nitrogen and oxygen atoms in total. The third kappa shape index (κ3) is 3.26. The van der Waals surface area contributed by atoms with Crippen molar-refractivity contribution in [1.82, 2.24) is 15.3 Å². The quantitative estimate of drug-likeness (QED) is 0.850. The lowest BCUT2D eigenvalue weighted by molar-refractivity contribution is -0.142. The van der Waals surface area contributed by atoms with Crippen molar-refractivity contribution in [2.45, 2.75) is 44.7 Å². The van der Waals surface area contributed by atoms with Gasteiger partial charge in [0.15, 0.2) is 0 Å². The first-order valence-electron chi connectivity index (χ1n) is 6.41. The molecule has 0 radical (unpaired) electrons. The van der Waals surface area contributed by atoms with Crippen LogP contribution in [0.2, 0.25) is 0 Å². The third-order valence-corrected chi connectivity index (χ3v) is 3.59. The molecule has 1 aromatic rings. The van der Waals surface area contributed by atoms with Gasteiger partial charge in [0, 0.05) is 30.7 Å². The predicted molar refractivity (Wildman–Crippen MR) is 67.0 cm³/mol. The second-order valence-electron chi connectivity index (χ2n) is 4.91. The van der Waals surface area contributed by atoms with Gasteiger partial charge in [-0.15, -0.1) is 0 Å². The molecule has 0 aromatic carbocycles. The van der Waals surface area contributed by atoms with Crippen molar-refractivity contribution in [3.8, 4) is 0 Å². The fourth-order valence-electron chi connectivity index (χ4n) is 2.48.